The van der Waals surface area contributed by atoms with Crippen LogP contribution in [0.2, 0.25) is 0 Å². The molecule has 6 atom stereocenters. The van der Waals surface area contributed by atoms with Crippen LogP contribution in [0.3, 0.4) is 0 Å². The van der Waals surface area contributed by atoms with Gasteiger partial charge in [0.2, 0.25) is 0 Å². The molecule has 5 nitrogen and oxygen atoms in total. The Bertz CT molecular complexity index is 530. The summed E-state index contributed by atoms with van der Waals surface area (Å²) in [6.45, 7) is 5.73. The van der Waals surface area contributed by atoms with Gasteiger partial charge in [-0.2, -0.15) is 0 Å². The van der Waals surface area contributed by atoms with Gasteiger partial charge in [0.1, 0.15) is 0 Å². The third-order valence-electron chi connectivity index (χ3n) is 5.96. The lowest BCUT2D eigenvalue weighted by Gasteiger charge is -2.30. The predicted octanol–water partition coefficient (Wildman–Crippen LogP) is 2.69. The van der Waals surface area contributed by atoms with Crippen molar-refractivity contribution in [2.45, 2.75) is 70.2 Å². The fraction of sp³-hybridized carbons (Fsp3) is 0.850. The Morgan fingerprint density at radius 2 is 2.20 bits per heavy atom. The van der Waals surface area contributed by atoms with Crippen molar-refractivity contribution >= 4 is 0 Å². The van der Waals surface area contributed by atoms with Crippen molar-refractivity contribution in [3.05, 3.63) is 17.4 Å². The summed E-state index contributed by atoms with van der Waals surface area (Å²) in [5.41, 5.74) is 4.72. The maximum absolute atomic E-state index is 11.0. The Morgan fingerprint density at radius 3 is 2.96 bits per heavy atom. The first-order valence-corrected chi connectivity index (χ1v) is 9.59. The molecule has 142 valence electrons. The highest BCUT2D eigenvalue weighted by atomic mass is 16.7. The van der Waals surface area contributed by atoms with E-state index in [0.29, 0.717) is 25.0 Å². The zero-order chi connectivity index (χ0) is 18.0. The van der Waals surface area contributed by atoms with Crippen LogP contribution in [-0.2, 0) is 14.2 Å². The predicted molar refractivity (Wildman–Crippen MR) is 96.0 cm³/mol. The van der Waals surface area contributed by atoms with E-state index in [4.69, 9.17) is 14.2 Å². The van der Waals surface area contributed by atoms with Crippen molar-refractivity contribution < 1.29 is 19.3 Å². The molecule has 25 heavy (non-hydrogen) atoms. The molecule has 6 unspecified atom stereocenters. The number of ether oxygens (including phenoxy) is 3. The minimum atomic E-state index is -0.954. The lowest BCUT2D eigenvalue weighted by Crippen LogP contribution is -2.39. The number of hydrogen-bond acceptors (Lipinski definition) is 5. The summed E-state index contributed by atoms with van der Waals surface area (Å²) in [7, 11) is 3.78. The van der Waals surface area contributed by atoms with Crippen molar-refractivity contribution in [3.8, 4) is 0 Å². The van der Waals surface area contributed by atoms with E-state index in [1.165, 1.54) is 5.57 Å². The Hall–Kier alpha value is -0.680. The molecule has 0 bridgehead atoms. The highest BCUT2D eigenvalue weighted by molar-refractivity contribution is 5.08. The van der Waals surface area contributed by atoms with Crippen LogP contribution in [0.5, 0.6) is 0 Å². The monoisotopic (exact) mass is 351 g/mol. The minimum absolute atomic E-state index is 0.146. The first-order valence-electron chi connectivity index (χ1n) is 9.59. The van der Waals surface area contributed by atoms with Gasteiger partial charge in [-0.05, 0) is 51.3 Å². The van der Waals surface area contributed by atoms with Crippen LogP contribution in [0.4, 0.5) is 0 Å². The summed E-state index contributed by atoms with van der Waals surface area (Å²) >= 11 is 0. The van der Waals surface area contributed by atoms with Crippen molar-refractivity contribution in [1.82, 2.24) is 4.90 Å². The summed E-state index contributed by atoms with van der Waals surface area (Å²) in [6, 6.07) is 0.348. The van der Waals surface area contributed by atoms with Crippen LogP contribution in [0.25, 0.3) is 0 Å². The second-order valence-corrected chi connectivity index (χ2v) is 8.04. The SMILES string of the molecule is COC1CC(=C=CCC2CC2C2(O)CC(C)N(C)CCO2)CC(C)O1. The Morgan fingerprint density at radius 1 is 1.40 bits per heavy atom. The fourth-order valence-corrected chi connectivity index (χ4v) is 4.14. The van der Waals surface area contributed by atoms with E-state index in [-0.39, 0.29) is 18.3 Å². The van der Waals surface area contributed by atoms with Crippen LogP contribution in [0, 0.1) is 11.8 Å². The molecule has 0 aromatic rings. The Labute approximate surface area is 151 Å². The fourth-order valence-electron chi connectivity index (χ4n) is 4.14. The average Bonchev–Trinajstić information content (AvgIpc) is 3.35. The Balaban J connectivity index is 1.54. The summed E-state index contributed by atoms with van der Waals surface area (Å²) < 4.78 is 16.9. The number of nitrogens with zero attached hydrogens (tertiary/aromatic N) is 1. The van der Waals surface area contributed by atoms with E-state index >= 15 is 0 Å². The minimum Gasteiger partial charge on any atom is -0.365 e. The number of methoxy groups -OCH3 is 1. The molecule has 1 saturated carbocycles. The van der Waals surface area contributed by atoms with Gasteiger partial charge in [0.25, 0.3) is 0 Å². The highest BCUT2D eigenvalue weighted by Crippen LogP contribution is 2.51. The smallest absolute Gasteiger partial charge is 0.170 e. The number of hydrogen-bond donors (Lipinski definition) is 1. The summed E-state index contributed by atoms with van der Waals surface area (Å²) in [6.07, 6.45) is 6.58. The molecular formula is C20H33NO4. The maximum Gasteiger partial charge on any atom is 0.170 e. The lowest BCUT2D eigenvalue weighted by molar-refractivity contribution is -0.218. The molecule has 2 heterocycles. The van der Waals surface area contributed by atoms with Crippen LogP contribution in [0.15, 0.2) is 17.4 Å². The van der Waals surface area contributed by atoms with Gasteiger partial charge >= 0.3 is 0 Å². The number of rotatable bonds is 4. The van der Waals surface area contributed by atoms with Crippen molar-refractivity contribution in [2.75, 3.05) is 27.3 Å². The molecule has 0 spiro atoms. The van der Waals surface area contributed by atoms with Crippen molar-refractivity contribution in [3.63, 3.8) is 0 Å². The van der Waals surface area contributed by atoms with Gasteiger partial charge < -0.3 is 24.2 Å². The zero-order valence-electron chi connectivity index (χ0n) is 16.0. The third-order valence-corrected chi connectivity index (χ3v) is 5.96. The molecule has 0 aromatic carbocycles. The van der Waals surface area contributed by atoms with Gasteiger partial charge in [-0.25, -0.2) is 0 Å². The molecule has 2 saturated heterocycles. The first-order chi connectivity index (χ1) is 11.9. The molecule has 0 aromatic heterocycles. The largest absolute Gasteiger partial charge is 0.365 e. The standard InChI is InChI=1S/C20H33NO4/c1-14-13-20(22,24-9-8-21(14)3)18-12-17(18)7-5-6-16-10-15(2)25-19(11-16)23-4/h5,14-15,17-19,22H,7-13H2,1-4H3. The van der Waals surface area contributed by atoms with Gasteiger partial charge in [-0.1, -0.05) is 0 Å². The quantitative estimate of drug-likeness (QED) is 0.789. The Kier molecular flexibility index (Phi) is 6.04. The van der Waals surface area contributed by atoms with E-state index in [2.05, 4.69) is 37.6 Å². The maximum atomic E-state index is 11.0. The highest BCUT2D eigenvalue weighted by Gasteiger charge is 2.53. The molecule has 3 fully saturated rings. The van der Waals surface area contributed by atoms with E-state index < -0.39 is 5.79 Å². The second kappa shape index (κ2) is 7.91. The molecule has 1 N–H and O–H groups in total. The molecule has 5 heteroatoms. The van der Waals surface area contributed by atoms with Crippen LogP contribution < -0.4 is 0 Å². The normalized spacial score (nSPS) is 42.6. The average molecular weight is 351 g/mol. The second-order valence-electron chi connectivity index (χ2n) is 8.04. The van der Waals surface area contributed by atoms with E-state index in [1.807, 2.05) is 0 Å². The summed E-state index contributed by atoms with van der Waals surface area (Å²) in [4.78, 5) is 2.26. The zero-order valence-corrected chi connectivity index (χ0v) is 16.0. The molecule has 0 amide bonds. The third kappa shape index (κ3) is 4.73. The molecule has 1 aliphatic carbocycles. The summed E-state index contributed by atoms with van der Waals surface area (Å²) in [5.74, 6) is -0.196. The van der Waals surface area contributed by atoms with Gasteiger partial charge in [0, 0.05) is 44.9 Å². The molecular weight excluding hydrogens is 318 g/mol. The lowest BCUT2D eigenvalue weighted by atomic mass is 9.99. The van der Waals surface area contributed by atoms with Gasteiger partial charge in [0.15, 0.2) is 12.1 Å². The van der Waals surface area contributed by atoms with Gasteiger partial charge in [-0.15, -0.1) is 5.73 Å². The first kappa shape index (κ1) is 19.1. The number of likely N-dealkylation sites (N-methyl/N-ethyl adjacent to an activating group) is 1. The summed E-state index contributed by atoms with van der Waals surface area (Å²) in [5, 5.41) is 11.0. The molecule has 2 aliphatic heterocycles. The van der Waals surface area contributed by atoms with Crippen molar-refractivity contribution in [2.24, 2.45) is 11.8 Å². The molecule has 3 rings (SSSR count). The van der Waals surface area contributed by atoms with Gasteiger partial charge in [-0.3, -0.25) is 0 Å². The number of aliphatic hydroxyl groups is 1. The topological polar surface area (TPSA) is 51.2 Å². The van der Waals surface area contributed by atoms with E-state index in [9.17, 15) is 5.11 Å². The van der Waals surface area contributed by atoms with Crippen LogP contribution >= 0.6 is 0 Å². The molecule has 0 radical (unpaired) electrons. The van der Waals surface area contributed by atoms with Gasteiger partial charge in [0.05, 0.1) is 12.7 Å². The van der Waals surface area contributed by atoms with Crippen molar-refractivity contribution in [1.29, 1.82) is 0 Å². The van der Waals surface area contributed by atoms with Crippen LogP contribution in [0.1, 0.15) is 46.0 Å². The van der Waals surface area contributed by atoms with E-state index in [0.717, 1.165) is 32.2 Å². The van der Waals surface area contributed by atoms with Crippen LogP contribution in [-0.4, -0.2) is 61.5 Å². The molecule has 3 aliphatic rings. The van der Waals surface area contributed by atoms with E-state index in [1.54, 1.807) is 7.11 Å².